The maximum absolute atomic E-state index is 10.9. The molecular weight excluding hydrogens is 218 g/mol. The molecule has 5 heteroatoms. The maximum atomic E-state index is 10.9. The second-order valence-corrected chi connectivity index (χ2v) is 7.08. The Balaban J connectivity index is 3.41. The number of thioether (sulfide) groups is 1. The maximum Gasteiger partial charge on any atom is 0.148 e. The highest BCUT2D eigenvalue weighted by molar-refractivity contribution is 7.99. The van der Waals surface area contributed by atoms with Gasteiger partial charge in [-0.05, 0) is 31.4 Å². The van der Waals surface area contributed by atoms with Gasteiger partial charge in [0.2, 0.25) is 0 Å². The molecular formula is C9H21NO2S2. The van der Waals surface area contributed by atoms with E-state index in [1.54, 1.807) is 0 Å². The lowest BCUT2D eigenvalue weighted by molar-refractivity contribution is 0.559. The lowest BCUT2D eigenvalue weighted by Crippen LogP contribution is -2.33. The summed E-state index contributed by atoms with van der Waals surface area (Å²) in [6.07, 6.45) is 2.38. The summed E-state index contributed by atoms with van der Waals surface area (Å²) in [4.78, 5) is 0. The van der Waals surface area contributed by atoms with Crippen LogP contribution >= 0.6 is 11.8 Å². The SMILES string of the molecule is CCSCCCNC(C)CS(C)(=O)=O. The van der Waals surface area contributed by atoms with Crippen molar-refractivity contribution >= 4 is 21.6 Å². The molecule has 0 radical (unpaired) electrons. The van der Waals surface area contributed by atoms with Crippen LogP contribution in [0.5, 0.6) is 0 Å². The summed E-state index contributed by atoms with van der Waals surface area (Å²) in [6, 6.07) is 0.0663. The molecule has 86 valence electrons. The van der Waals surface area contributed by atoms with E-state index < -0.39 is 9.84 Å². The van der Waals surface area contributed by atoms with Crippen LogP contribution < -0.4 is 5.32 Å². The van der Waals surface area contributed by atoms with Gasteiger partial charge in [-0.1, -0.05) is 6.92 Å². The fourth-order valence-electron chi connectivity index (χ4n) is 1.18. The Morgan fingerprint density at radius 1 is 1.43 bits per heavy atom. The molecule has 0 saturated heterocycles. The van der Waals surface area contributed by atoms with Crippen LogP contribution in [0.1, 0.15) is 20.3 Å². The van der Waals surface area contributed by atoms with Crippen molar-refractivity contribution in [1.82, 2.24) is 5.32 Å². The molecule has 0 aromatic carbocycles. The van der Waals surface area contributed by atoms with Gasteiger partial charge < -0.3 is 5.32 Å². The molecule has 0 heterocycles. The van der Waals surface area contributed by atoms with E-state index in [2.05, 4.69) is 12.2 Å². The smallest absolute Gasteiger partial charge is 0.148 e. The van der Waals surface area contributed by atoms with Crippen LogP contribution in [0.2, 0.25) is 0 Å². The first-order chi connectivity index (χ1) is 6.45. The Kier molecular flexibility index (Phi) is 7.68. The molecule has 0 aliphatic heterocycles. The van der Waals surface area contributed by atoms with Crippen molar-refractivity contribution in [2.45, 2.75) is 26.3 Å². The summed E-state index contributed by atoms with van der Waals surface area (Å²) < 4.78 is 21.9. The summed E-state index contributed by atoms with van der Waals surface area (Å²) in [5, 5.41) is 3.21. The van der Waals surface area contributed by atoms with E-state index in [1.807, 2.05) is 18.7 Å². The third-order valence-electron chi connectivity index (χ3n) is 1.72. The average Bonchev–Trinajstić information content (AvgIpc) is 2.00. The summed E-state index contributed by atoms with van der Waals surface area (Å²) >= 11 is 1.91. The minimum Gasteiger partial charge on any atom is -0.313 e. The van der Waals surface area contributed by atoms with Crippen molar-refractivity contribution in [3.05, 3.63) is 0 Å². The molecule has 1 atom stereocenters. The molecule has 14 heavy (non-hydrogen) atoms. The summed E-state index contributed by atoms with van der Waals surface area (Å²) in [5.41, 5.74) is 0. The van der Waals surface area contributed by atoms with Crippen molar-refractivity contribution in [2.24, 2.45) is 0 Å². The van der Waals surface area contributed by atoms with Gasteiger partial charge in [-0.15, -0.1) is 0 Å². The number of rotatable bonds is 8. The molecule has 0 saturated carbocycles. The van der Waals surface area contributed by atoms with E-state index >= 15 is 0 Å². The van der Waals surface area contributed by atoms with Crippen molar-refractivity contribution in [3.63, 3.8) is 0 Å². The molecule has 1 N–H and O–H groups in total. The van der Waals surface area contributed by atoms with E-state index in [-0.39, 0.29) is 11.8 Å². The number of hydrogen-bond donors (Lipinski definition) is 1. The van der Waals surface area contributed by atoms with Gasteiger partial charge in [-0.2, -0.15) is 11.8 Å². The minimum atomic E-state index is -2.84. The molecule has 3 nitrogen and oxygen atoms in total. The van der Waals surface area contributed by atoms with Crippen molar-refractivity contribution in [3.8, 4) is 0 Å². The van der Waals surface area contributed by atoms with E-state index in [1.165, 1.54) is 6.26 Å². The first-order valence-corrected chi connectivity index (χ1v) is 8.16. The fourth-order valence-corrected chi connectivity index (χ4v) is 2.84. The lowest BCUT2D eigenvalue weighted by atomic mass is 10.3. The van der Waals surface area contributed by atoms with Crippen LogP contribution in [-0.2, 0) is 9.84 Å². The van der Waals surface area contributed by atoms with Crippen LogP contribution in [0.15, 0.2) is 0 Å². The van der Waals surface area contributed by atoms with E-state index in [0.29, 0.717) is 0 Å². The molecule has 0 bridgehead atoms. The van der Waals surface area contributed by atoms with Crippen molar-refractivity contribution in [1.29, 1.82) is 0 Å². The fraction of sp³-hybridized carbons (Fsp3) is 1.00. The Bertz CT molecular complexity index is 227. The summed E-state index contributed by atoms with van der Waals surface area (Å²) in [5.74, 6) is 2.53. The Hall–Kier alpha value is 0.260. The van der Waals surface area contributed by atoms with E-state index in [0.717, 1.165) is 24.5 Å². The zero-order valence-electron chi connectivity index (χ0n) is 9.25. The third-order valence-corrected chi connectivity index (χ3v) is 3.81. The largest absolute Gasteiger partial charge is 0.313 e. The molecule has 0 aromatic heterocycles. The second-order valence-electron chi connectivity index (χ2n) is 3.50. The van der Waals surface area contributed by atoms with E-state index in [4.69, 9.17) is 0 Å². The highest BCUT2D eigenvalue weighted by Crippen LogP contribution is 2.00. The molecule has 0 fully saturated rings. The van der Waals surface area contributed by atoms with E-state index in [9.17, 15) is 8.42 Å². The summed E-state index contributed by atoms with van der Waals surface area (Å²) in [7, 11) is -2.84. The zero-order chi connectivity index (χ0) is 11.0. The van der Waals surface area contributed by atoms with Crippen LogP contribution in [0.25, 0.3) is 0 Å². The number of nitrogens with one attached hydrogen (secondary N) is 1. The lowest BCUT2D eigenvalue weighted by Gasteiger charge is -2.11. The van der Waals surface area contributed by atoms with Gasteiger partial charge in [-0.3, -0.25) is 0 Å². The highest BCUT2D eigenvalue weighted by atomic mass is 32.2. The standard InChI is InChI=1S/C9H21NO2S2/c1-4-13-7-5-6-10-9(2)8-14(3,11)12/h9-10H,4-8H2,1-3H3. The predicted octanol–water partition coefficient (Wildman–Crippen LogP) is 1.15. The predicted molar refractivity (Wildman–Crippen MR) is 64.8 cm³/mol. The Morgan fingerprint density at radius 3 is 2.57 bits per heavy atom. The first kappa shape index (κ1) is 14.3. The number of hydrogen-bond acceptors (Lipinski definition) is 4. The first-order valence-electron chi connectivity index (χ1n) is 4.94. The van der Waals surface area contributed by atoms with Crippen LogP contribution in [0, 0.1) is 0 Å². The molecule has 0 aliphatic carbocycles. The van der Waals surface area contributed by atoms with Crippen molar-refractivity contribution in [2.75, 3.05) is 30.1 Å². The number of sulfone groups is 1. The normalized spacial score (nSPS) is 14.2. The van der Waals surface area contributed by atoms with Gasteiger partial charge in [0.15, 0.2) is 0 Å². The molecule has 0 aliphatic rings. The summed E-state index contributed by atoms with van der Waals surface area (Å²) in [6.45, 7) is 4.96. The molecule has 0 spiro atoms. The van der Waals surface area contributed by atoms with Crippen molar-refractivity contribution < 1.29 is 8.42 Å². The third kappa shape index (κ3) is 10.3. The molecule has 0 rings (SSSR count). The van der Waals surface area contributed by atoms with Gasteiger partial charge in [0.25, 0.3) is 0 Å². The molecule has 0 aromatic rings. The van der Waals surface area contributed by atoms with Crippen LogP contribution in [0.3, 0.4) is 0 Å². The quantitative estimate of drug-likeness (QED) is 0.646. The second kappa shape index (κ2) is 7.54. The van der Waals surface area contributed by atoms with Gasteiger partial charge in [0, 0.05) is 12.3 Å². The van der Waals surface area contributed by atoms with Crippen LogP contribution in [-0.4, -0.2) is 44.5 Å². The Labute approximate surface area is 92.0 Å². The zero-order valence-corrected chi connectivity index (χ0v) is 10.9. The highest BCUT2D eigenvalue weighted by Gasteiger charge is 2.08. The average molecular weight is 239 g/mol. The van der Waals surface area contributed by atoms with Gasteiger partial charge in [0.1, 0.15) is 9.84 Å². The molecule has 0 amide bonds. The monoisotopic (exact) mass is 239 g/mol. The molecule has 1 unspecified atom stereocenters. The van der Waals surface area contributed by atoms with Crippen LogP contribution in [0.4, 0.5) is 0 Å². The van der Waals surface area contributed by atoms with Gasteiger partial charge in [0.05, 0.1) is 5.75 Å². The van der Waals surface area contributed by atoms with Gasteiger partial charge in [-0.25, -0.2) is 8.42 Å². The topological polar surface area (TPSA) is 46.2 Å². The minimum absolute atomic E-state index is 0.0663. The van der Waals surface area contributed by atoms with Gasteiger partial charge >= 0.3 is 0 Å². The Morgan fingerprint density at radius 2 is 2.07 bits per heavy atom.